The summed E-state index contributed by atoms with van der Waals surface area (Å²) in [6.07, 6.45) is 0.771. The molecule has 1 amide bonds. The van der Waals surface area contributed by atoms with Crippen molar-refractivity contribution in [2.24, 2.45) is 0 Å². The average Bonchev–Trinajstić information content (AvgIpc) is 2.62. The Kier molecular flexibility index (Phi) is 5.84. The maximum absolute atomic E-state index is 11.9. The normalized spacial score (nSPS) is 16.8. The third kappa shape index (κ3) is 5.22. The second-order valence-electron chi connectivity index (χ2n) is 6.38. The van der Waals surface area contributed by atoms with Crippen molar-refractivity contribution in [2.45, 2.75) is 25.4 Å². The molecule has 1 heterocycles. The number of anilines is 1. The molecule has 1 saturated heterocycles. The van der Waals surface area contributed by atoms with Gasteiger partial charge in [-0.05, 0) is 54.2 Å². The first-order valence-corrected chi connectivity index (χ1v) is 10.6. The SMILES string of the molecule is O=C(Nc1ccc(C2CCS(=O)(=O)CC2)cc1)OCc1ccc(Cl)cc1. The number of amides is 1. The van der Waals surface area contributed by atoms with Crippen LogP contribution in [0.4, 0.5) is 10.5 Å². The highest BCUT2D eigenvalue weighted by molar-refractivity contribution is 7.91. The summed E-state index contributed by atoms with van der Waals surface area (Å²) in [4.78, 5) is 11.9. The number of rotatable bonds is 4. The highest BCUT2D eigenvalue weighted by Crippen LogP contribution is 2.29. The largest absolute Gasteiger partial charge is 0.444 e. The Morgan fingerprint density at radius 3 is 2.27 bits per heavy atom. The maximum Gasteiger partial charge on any atom is 0.411 e. The fraction of sp³-hybridized carbons (Fsp3) is 0.316. The van der Waals surface area contributed by atoms with Crippen molar-refractivity contribution in [3.63, 3.8) is 0 Å². The van der Waals surface area contributed by atoms with E-state index in [0.717, 1.165) is 11.1 Å². The van der Waals surface area contributed by atoms with Gasteiger partial charge in [-0.1, -0.05) is 35.9 Å². The van der Waals surface area contributed by atoms with E-state index in [1.807, 2.05) is 24.3 Å². The molecule has 3 rings (SSSR count). The number of ether oxygens (including phenoxy) is 1. The lowest BCUT2D eigenvalue weighted by Crippen LogP contribution is -2.22. The number of halogens is 1. The molecule has 0 aromatic heterocycles. The van der Waals surface area contributed by atoms with Crippen LogP contribution in [0.3, 0.4) is 0 Å². The quantitative estimate of drug-likeness (QED) is 0.836. The van der Waals surface area contributed by atoms with Crippen molar-refractivity contribution < 1.29 is 17.9 Å². The molecular formula is C19H20ClNO4S. The van der Waals surface area contributed by atoms with Crippen LogP contribution in [-0.4, -0.2) is 26.0 Å². The van der Waals surface area contributed by atoms with Crippen LogP contribution in [-0.2, 0) is 21.2 Å². The Balaban J connectivity index is 1.50. The Morgan fingerprint density at radius 1 is 1.04 bits per heavy atom. The molecule has 2 aromatic carbocycles. The molecule has 26 heavy (non-hydrogen) atoms. The second kappa shape index (κ2) is 8.10. The molecule has 0 aliphatic carbocycles. The van der Waals surface area contributed by atoms with Gasteiger partial charge < -0.3 is 4.74 Å². The van der Waals surface area contributed by atoms with Gasteiger partial charge in [0.15, 0.2) is 0 Å². The number of sulfone groups is 1. The van der Waals surface area contributed by atoms with E-state index in [9.17, 15) is 13.2 Å². The molecule has 1 aliphatic heterocycles. The van der Waals surface area contributed by atoms with Crippen LogP contribution in [0, 0.1) is 0 Å². The summed E-state index contributed by atoms with van der Waals surface area (Å²) in [5.74, 6) is 0.744. The van der Waals surface area contributed by atoms with E-state index in [0.29, 0.717) is 23.6 Å². The van der Waals surface area contributed by atoms with Crippen molar-refractivity contribution in [3.05, 3.63) is 64.7 Å². The summed E-state index contributed by atoms with van der Waals surface area (Å²) in [7, 11) is -2.86. The number of carbonyl (C=O) groups is 1. The zero-order valence-electron chi connectivity index (χ0n) is 14.2. The van der Waals surface area contributed by atoms with Crippen LogP contribution in [0.15, 0.2) is 48.5 Å². The average molecular weight is 394 g/mol. The van der Waals surface area contributed by atoms with Gasteiger partial charge in [-0.2, -0.15) is 0 Å². The molecule has 0 radical (unpaired) electrons. The lowest BCUT2D eigenvalue weighted by atomic mass is 9.93. The van der Waals surface area contributed by atoms with E-state index in [4.69, 9.17) is 16.3 Å². The van der Waals surface area contributed by atoms with Crippen LogP contribution >= 0.6 is 11.6 Å². The molecule has 0 unspecified atom stereocenters. The lowest BCUT2D eigenvalue weighted by Gasteiger charge is -2.22. The van der Waals surface area contributed by atoms with Gasteiger partial charge in [0.05, 0.1) is 11.5 Å². The predicted molar refractivity (Wildman–Crippen MR) is 102 cm³/mol. The van der Waals surface area contributed by atoms with E-state index in [2.05, 4.69) is 5.32 Å². The first kappa shape index (κ1) is 18.7. The molecule has 1 aliphatic rings. The van der Waals surface area contributed by atoms with Gasteiger partial charge in [0.25, 0.3) is 0 Å². The standard InChI is InChI=1S/C19H20ClNO4S/c20-17-5-1-14(2-6-17)13-25-19(22)21-18-7-3-15(4-8-18)16-9-11-26(23,24)12-10-16/h1-8,16H,9-13H2,(H,21,22). The van der Waals surface area contributed by atoms with Gasteiger partial charge >= 0.3 is 6.09 Å². The van der Waals surface area contributed by atoms with E-state index in [-0.39, 0.29) is 24.0 Å². The summed E-state index contributed by atoms with van der Waals surface area (Å²) in [6.45, 7) is 0.164. The van der Waals surface area contributed by atoms with Crippen molar-refractivity contribution in [1.82, 2.24) is 0 Å². The maximum atomic E-state index is 11.9. The third-order valence-electron chi connectivity index (χ3n) is 4.47. The molecule has 0 saturated carbocycles. The minimum atomic E-state index is -2.86. The summed E-state index contributed by atoms with van der Waals surface area (Å²) in [6, 6.07) is 14.6. The van der Waals surface area contributed by atoms with Gasteiger partial charge in [-0.15, -0.1) is 0 Å². The molecule has 0 bridgehead atoms. The molecule has 7 heteroatoms. The van der Waals surface area contributed by atoms with Gasteiger partial charge in [0.2, 0.25) is 0 Å². The van der Waals surface area contributed by atoms with E-state index < -0.39 is 15.9 Å². The monoisotopic (exact) mass is 393 g/mol. The Bertz CT molecular complexity index is 849. The van der Waals surface area contributed by atoms with Crippen molar-refractivity contribution in [2.75, 3.05) is 16.8 Å². The molecule has 1 N–H and O–H groups in total. The summed E-state index contributed by atoms with van der Waals surface area (Å²) < 4.78 is 28.2. The van der Waals surface area contributed by atoms with E-state index in [1.165, 1.54) is 0 Å². The molecule has 5 nitrogen and oxygen atoms in total. The Hall–Kier alpha value is -2.05. The first-order valence-electron chi connectivity index (χ1n) is 8.40. The molecule has 0 spiro atoms. The van der Waals surface area contributed by atoms with Crippen LogP contribution in [0.5, 0.6) is 0 Å². The molecule has 2 aromatic rings. The number of hydrogen-bond donors (Lipinski definition) is 1. The second-order valence-corrected chi connectivity index (χ2v) is 9.12. The molecule has 0 atom stereocenters. The summed E-state index contributed by atoms with van der Waals surface area (Å²) in [5, 5.41) is 3.32. The number of hydrogen-bond acceptors (Lipinski definition) is 4. The van der Waals surface area contributed by atoms with Crippen LogP contribution in [0.25, 0.3) is 0 Å². The molecule has 138 valence electrons. The van der Waals surface area contributed by atoms with Gasteiger partial charge in [-0.25, -0.2) is 13.2 Å². The topological polar surface area (TPSA) is 72.5 Å². The van der Waals surface area contributed by atoms with Crippen molar-refractivity contribution >= 4 is 33.2 Å². The minimum absolute atomic E-state index is 0.164. The van der Waals surface area contributed by atoms with Gasteiger partial charge in [0, 0.05) is 10.7 Å². The number of carbonyl (C=O) groups excluding carboxylic acids is 1. The van der Waals surface area contributed by atoms with Crippen LogP contribution in [0.2, 0.25) is 5.02 Å². The van der Waals surface area contributed by atoms with Crippen LogP contribution < -0.4 is 5.32 Å². The Morgan fingerprint density at radius 2 is 1.65 bits per heavy atom. The van der Waals surface area contributed by atoms with Gasteiger partial charge in [-0.3, -0.25) is 5.32 Å². The highest BCUT2D eigenvalue weighted by atomic mass is 35.5. The van der Waals surface area contributed by atoms with Crippen molar-refractivity contribution in [1.29, 1.82) is 0 Å². The first-order chi connectivity index (χ1) is 12.4. The van der Waals surface area contributed by atoms with E-state index >= 15 is 0 Å². The zero-order valence-corrected chi connectivity index (χ0v) is 15.7. The Labute approximate surface area is 158 Å². The zero-order chi connectivity index (χ0) is 18.6. The fourth-order valence-electron chi connectivity index (χ4n) is 2.95. The molecular weight excluding hydrogens is 374 g/mol. The predicted octanol–water partition coefficient (Wildman–Crippen LogP) is 4.38. The minimum Gasteiger partial charge on any atom is -0.444 e. The number of nitrogens with one attached hydrogen (secondary N) is 1. The van der Waals surface area contributed by atoms with Gasteiger partial charge in [0.1, 0.15) is 16.4 Å². The smallest absolute Gasteiger partial charge is 0.411 e. The summed E-state index contributed by atoms with van der Waals surface area (Å²) >= 11 is 5.81. The third-order valence-corrected chi connectivity index (χ3v) is 6.43. The summed E-state index contributed by atoms with van der Waals surface area (Å²) in [5.41, 5.74) is 2.59. The van der Waals surface area contributed by atoms with E-state index in [1.54, 1.807) is 24.3 Å². The fourth-order valence-corrected chi connectivity index (χ4v) is 4.56. The molecule has 1 fully saturated rings. The lowest BCUT2D eigenvalue weighted by molar-refractivity contribution is 0.155. The highest BCUT2D eigenvalue weighted by Gasteiger charge is 2.24. The van der Waals surface area contributed by atoms with Crippen molar-refractivity contribution in [3.8, 4) is 0 Å². The number of benzene rings is 2. The van der Waals surface area contributed by atoms with Crippen LogP contribution in [0.1, 0.15) is 29.9 Å².